The summed E-state index contributed by atoms with van der Waals surface area (Å²) in [6, 6.07) is 12.6. The van der Waals surface area contributed by atoms with Gasteiger partial charge in [0.2, 0.25) is 11.7 Å². The summed E-state index contributed by atoms with van der Waals surface area (Å²) in [5.74, 6) is -1.24. The number of nitrogens with one attached hydrogen (secondary N) is 1. The third kappa shape index (κ3) is 3.65. The number of carbonyl (C=O) groups excluding carboxylic acids is 1. The molecule has 1 aromatic heterocycles. The predicted octanol–water partition coefficient (Wildman–Crippen LogP) is 2.76. The van der Waals surface area contributed by atoms with Crippen LogP contribution in [0.15, 0.2) is 46.9 Å². The molecule has 1 fully saturated rings. The van der Waals surface area contributed by atoms with Gasteiger partial charge in [0.25, 0.3) is 0 Å². The minimum atomic E-state index is -1.13. The molecule has 0 radical (unpaired) electrons. The van der Waals surface area contributed by atoms with Crippen LogP contribution in [0.5, 0.6) is 0 Å². The van der Waals surface area contributed by atoms with E-state index in [4.69, 9.17) is 14.3 Å². The lowest BCUT2D eigenvalue weighted by Crippen LogP contribution is -2.37. The number of benzene rings is 1. The van der Waals surface area contributed by atoms with Gasteiger partial charge in [0, 0.05) is 6.61 Å². The molecule has 6 heteroatoms. The first-order chi connectivity index (χ1) is 11.6. The summed E-state index contributed by atoms with van der Waals surface area (Å²) in [5.41, 5.74) is 0.989. The monoisotopic (exact) mass is 329 g/mol. The molecular formula is C18H19NO5. The standard InChI is InChI=1S/C18H19NO5/c20-17(19-11-13-8-9-15(24-13)18(21)22)14-7-4-10-23-16(14)12-5-2-1-3-6-12/h1-3,5-6,8-9,14,16H,4,7,10-11H2,(H,19,20)(H,21,22). The summed E-state index contributed by atoms with van der Waals surface area (Å²) in [6.45, 7) is 0.799. The molecule has 2 N–H and O–H groups in total. The molecule has 1 aromatic carbocycles. The van der Waals surface area contributed by atoms with Gasteiger partial charge in [0.05, 0.1) is 18.6 Å². The fraction of sp³-hybridized carbons (Fsp3) is 0.333. The minimum absolute atomic E-state index is 0.114. The van der Waals surface area contributed by atoms with Crippen LogP contribution >= 0.6 is 0 Å². The summed E-state index contributed by atoms with van der Waals surface area (Å²) in [5, 5.41) is 11.7. The quantitative estimate of drug-likeness (QED) is 0.880. The number of carboxylic acid groups (broad SMARTS) is 1. The van der Waals surface area contributed by atoms with Crippen LogP contribution in [-0.2, 0) is 16.1 Å². The van der Waals surface area contributed by atoms with E-state index in [-0.39, 0.29) is 30.2 Å². The highest BCUT2D eigenvalue weighted by Crippen LogP contribution is 2.33. The first-order valence-electron chi connectivity index (χ1n) is 7.91. The number of ether oxygens (including phenoxy) is 1. The molecule has 1 amide bonds. The highest BCUT2D eigenvalue weighted by atomic mass is 16.5. The number of carbonyl (C=O) groups is 2. The third-order valence-electron chi connectivity index (χ3n) is 4.10. The molecule has 6 nitrogen and oxygen atoms in total. The molecule has 0 aliphatic carbocycles. The molecule has 24 heavy (non-hydrogen) atoms. The van der Waals surface area contributed by atoms with E-state index in [0.717, 1.165) is 18.4 Å². The predicted molar refractivity (Wildman–Crippen MR) is 85.4 cm³/mol. The van der Waals surface area contributed by atoms with Crippen molar-refractivity contribution >= 4 is 11.9 Å². The van der Waals surface area contributed by atoms with Crippen molar-refractivity contribution in [2.45, 2.75) is 25.5 Å². The summed E-state index contributed by atoms with van der Waals surface area (Å²) in [7, 11) is 0. The number of hydrogen-bond acceptors (Lipinski definition) is 4. The smallest absolute Gasteiger partial charge is 0.371 e. The van der Waals surface area contributed by atoms with Crippen LogP contribution in [-0.4, -0.2) is 23.6 Å². The normalized spacial score (nSPS) is 20.5. The first-order valence-corrected chi connectivity index (χ1v) is 7.91. The van der Waals surface area contributed by atoms with Crippen LogP contribution in [0.3, 0.4) is 0 Å². The van der Waals surface area contributed by atoms with Gasteiger partial charge in [-0.1, -0.05) is 30.3 Å². The van der Waals surface area contributed by atoms with Crippen LogP contribution in [0.1, 0.15) is 40.8 Å². The Morgan fingerprint density at radius 2 is 1.96 bits per heavy atom. The van der Waals surface area contributed by atoms with Gasteiger partial charge in [0.15, 0.2) is 0 Å². The lowest BCUT2D eigenvalue weighted by molar-refractivity contribution is -0.135. The van der Waals surface area contributed by atoms with Crippen molar-refractivity contribution in [2.24, 2.45) is 5.92 Å². The molecule has 3 rings (SSSR count). The van der Waals surface area contributed by atoms with Gasteiger partial charge in [-0.25, -0.2) is 4.79 Å². The van der Waals surface area contributed by atoms with Crippen LogP contribution < -0.4 is 5.32 Å². The van der Waals surface area contributed by atoms with Crippen molar-refractivity contribution in [1.82, 2.24) is 5.32 Å². The van der Waals surface area contributed by atoms with E-state index < -0.39 is 5.97 Å². The number of furan rings is 1. The Morgan fingerprint density at radius 1 is 1.17 bits per heavy atom. The highest BCUT2D eigenvalue weighted by molar-refractivity contribution is 5.84. The maximum Gasteiger partial charge on any atom is 0.371 e. The van der Waals surface area contributed by atoms with E-state index in [1.165, 1.54) is 6.07 Å². The van der Waals surface area contributed by atoms with Crippen molar-refractivity contribution in [1.29, 1.82) is 0 Å². The Bertz CT molecular complexity index is 709. The van der Waals surface area contributed by atoms with E-state index in [1.807, 2.05) is 30.3 Å². The molecule has 1 saturated heterocycles. The van der Waals surface area contributed by atoms with Gasteiger partial charge in [-0.3, -0.25) is 4.79 Å². The van der Waals surface area contributed by atoms with E-state index in [9.17, 15) is 9.59 Å². The van der Waals surface area contributed by atoms with Crippen LogP contribution in [0.2, 0.25) is 0 Å². The van der Waals surface area contributed by atoms with Crippen LogP contribution in [0, 0.1) is 5.92 Å². The maximum absolute atomic E-state index is 12.5. The molecule has 0 bridgehead atoms. The lowest BCUT2D eigenvalue weighted by Gasteiger charge is -2.31. The molecule has 0 spiro atoms. The van der Waals surface area contributed by atoms with Crippen molar-refractivity contribution < 1.29 is 23.8 Å². The highest BCUT2D eigenvalue weighted by Gasteiger charge is 2.32. The molecule has 2 atom stereocenters. The summed E-state index contributed by atoms with van der Waals surface area (Å²) >= 11 is 0. The second kappa shape index (κ2) is 7.31. The maximum atomic E-state index is 12.5. The van der Waals surface area contributed by atoms with Crippen molar-refractivity contribution in [3.8, 4) is 0 Å². The third-order valence-corrected chi connectivity index (χ3v) is 4.10. The Balaban J connectivity index is 1.64. The van der Waals surface area contributed by atoms with Gasteiger partial charge in [-0.2, -0.15) is 0 Å². The zero-order valence-corrected chi connectivity index (χ0v) is 13.1. The molecule has 1 aliphatic heterocycles. The second-order valence-corrected chi connectivity index (χ2v) is 5.74. The Kier molecular flexibility index (Phi) is 4.96. The Morgan fingerprint density at radius 3 is 2.67 bits per heavy atom. The van der Waals surface area contributed by atoms with Crippen LogP contribution in [0.25, 0.3) is 0 Å². The topological polar surface area (TPSA) is 88.8 Å². The summed E-state index contributed by atoms with van der Waals surface area (Å²) in [6.07, 6.45) is 1.33. The Hall–Kier alpha value is -2.60. The minimum Gasteiger partial charge on any atom is -0.475 e. The Labute approximate surface area is 139 Å². The number of hydrogen-bond donors (Lipinski definition) is 2. The second-order valence-electron chi connectivity index (χ2n) is 5.74. The molecule has 2 aromatic rings. The lowest BCUT2D eigenvalue weighted by atomic mass is 9.89. The number of carboxylic acids is 1. The van der Waals surface area contributed by atoms with Crippen molar-refractivity contribution in [2.75, 3.05) is 6.61 Å². The van der Waals surface area contributed by atoms with E-state index in [2.05, 4.69) is 5.32 Å². The molecule has 0 saturated carbocycles. The van der Waals surface area contributed by atoms with Gasteiger partial charge in [0.1, 0.15) is 5.76 Å². The molecule has 2 heterocycles. The zero-order chi connectivity index (χ0) is 16.9. The van der Waals surface area contributed by atoms with Gasteiger partial charge in [-0.15, -0.1) is 0 Å². The van der Waals surface area contributed by atoms with E-state index >= 15 is 0 Å². The van der Waals surface area contributed by atoms with E-state index in [1.54, 1.807) is 6.07 Å². The number of amides is 1. The molecule has 126 valence electrons. The SMILES string of the molecule is O=C(O)c1ccc(CNC(=O)C2CCCOC2c2ccccc2)o1. The largest absolute Gasteiger partial charge is 0.475 e. The average molecular weight is 329 g/mol. The zero-order valence-electron chi connectivity index (χ0n) is 13.1. The van der Waals surface area contributed by atoms with Gasteiger partial charge < -0.3 is 19.6 Å². The average Bonchev–Trinajstić information content (AvgIpc) is 3.10. The fourth-order valence-electron chi connectivity index (χ4n) is 2.91. The van der Waals surface area contributed by atoms with E-state index in [0.29, 0.717) is 12.4 Å². The first kappa shape index (κ1) is 16.3. The van der Waals surface area contributed by atoms with Gasteiger partial charge >= 0.3 is 5.97 Å². The number of rotatable bonds is 5. The summed E-state index contributed by atoms with van der Waals surface area (Å²) in [4.78, 5) is 23.3. The molecule has 1 aliphatic rings. The fourth-order valence-corrected chi connectivity index (χ4v) is 2.91. The number of aromatic carboxylic acids is 1. The van der Waals surface area contributed by atoms with Gasteiger partial charge in [-0.05, 0) is 30.5 Å². The summed E-state index contributed by atoms with van der Waals surface area (Å²) < 4.78 is 11.0. The van der Waals surface area contributed by atoms with Crippen molar-refractivity contribution in [3.63, 3.8) is 0 Å². The van der Waals surface area contributed by atoms with Crippen LogP contribution in [0.4, 0.5) is 0 Å². The van der Waals surface area contributed by atoms with Crippen molar-refractivity contribution in [3.05, 3.63) is 59.5 Å². The molecule has 2 unspecified atom stereocenters. The molecular weight excluding hydrogens is 310 g/mol.